The zero-order valence-corrected chi connectivity index (χ0v) is 12.2. The fraction of sp³-hybridized carbons (Fsp3) is 0.188. The number of fused-ring (bicyclic) bond motifs is 3. The van der Waals surface area contributed by atoms with Crippen LogP contribution in [0.3, 0.4) is 0 Å². The number of aryl methyl sites for hydroxylation is 1. The Morgan fingerprint density at radius 2 is 2.00 bits per heavy atom. The lowest BCUT2D eigenvalue weighted by Crippen LogP contribution is -2.27. The minimum Gasteiger partial charge on any atom is -0.278 e. The molecule has 6 heteroatoms. The minimum atomic E-state index is -0.152. The van der Waals surface area contributed by atoms with Crippen molar-refractivity contribution in [2.24, 2.45) is 0 Å². The second-order valence-electron chi connectivity index (χ2n) is 4.93. The van der Waals surface area contributed by atoms with Crippen molar-refractivity contribution < 1.29 is 0 Å². The summed E-state index contributed by atoms with van der Waals surface area (Å²) in [6.07, 6.45) is 1.43. The average molecular weight is 312 g/mol. The van der Waals surface area contributed by atoms with Crippen LogP contribution in [0.4, 0.5) is 0 Å². The van der Waals surface area contributed by atoms with Gasteiger partial charge in [0.05, 0.1) is 11.9 Å². The van der Waals surface area contributed by atoms with Gasteiger partial charge in [0.25, 0.3) is 0 Å². The molecule has 0 fully saturated rings. The van der Waals surface area contributed by atoms with Crippen LogP contribution in [0.1, 0.15) is 17.9 Å². The molecule has 0 saturated heterocycles. The molecule has 0 bridgehead atoms. The third-order valence-corrected chi connectivity index (χ3v) is 4.54. The molecule has 0 atom stereocenters. The molecule has 0 aliphatic carbocycles. The smallest absolute Gasteiger partial charge is 0.278 e. The van der Waals surface area contributed by atoms with Crippen molar-refractivity contribution in [1.29, 1.82) is 0 Å². The van der Waals surface area contributed by atoms with Crippen LogP contribution in [0.2, 0.25) is 0 Å². The van der Waals surface area contributed by atoms with Crippen molar-refractivity contribution in [3.63, 3.8) is 0 Å². The first-order valence-electron chi connectivity index (χ1n) is 6.60. The zero-order chi connectivity index (χ0) is 14.4. The Bertz CT molecular complexity index is 998. The maximum atomic E-state index is 12.6. The fourth-order valence-electron chi connectivity index (χ4n) is 2.53. The van der Waals surface area contributed by atoms with E-state index in [-0.39, 0.29) is 13.1 Å². The maximum absolute atomic E-state index is 12.6. The number of hydrogen-bond acceptors (Lipinski definition) is 4. The number of thiophene rings is 1. The van der Waals surface area contributed by atoms with Gasteiger partial charge < -0.3 is 0 Å². The molecule has 0 spiro atoms. The third kappa shape index (κ3) is 2.12. The summed E-state index contributed by atoms with van der Waals surface area (Å²) in [5.41, 5.74) is 1.57. The quantitative estimate of drug-likeness (QED) is 0.571. The van der Waals surface area contributed by atoms with E-state index in [9.17, 15) is 4.79 Å². The molecule has 3 aromatic heterocycles. The summed E-state index contributed by atoms with van der Waals surface area (Å²) in [5, 5.41) is 5.03. The Morgan fingerprint density at radius 1 is 1.23 bits per heavy atom. The Hall–Kier alpha value is -2.47. The maximum Gasteiger partial charge on any atom is 0.352 e. The van der Waals surface area contributed by atoms with Crippen molar-refractivity contribution >= 4 is 27.2 Å². The van der Waals surface area contributed by atoms with Gasteiger partial charge in [-0.3, -0.25) is 4.57 Å². The van der Waals surface area contributed by atoms with E-state index in [1.807, 2.05) is 37.3 Å². The second kappa shape index (κ2) is 5.38. The van der Waals surface area contributed by atoms with E-state index < -0.39 is 0 Å². The highest BCUT2D eigenvalue weighted by Gasteiger charge is 2.14. The molecule has 112 valence electrons. The van der Waals surface area contributed by atoms with Gasteiger partial charge in [0.15, 0.2) is 5.65 Å². The molecular weight excluding hydrogens is 296 g/mol. The van der Waals surface area contributed by atoms with Crippen LogP contribution in [-0.4, -0.2) is 19.2 Å². The van der Waals surface area contributed by atoms with Gasteiger partial charge >= 0.3 is 5.69 Å². The molecule has 3 heterocycles. The molecule has 0 saturated carbocycles. The second-order valence-corrected chi connectivity index (χ2v) is 6.16. The number of benzene rings is 1. The van der Waals surface area contributed by atoms with Gasteiger partial charge in [0, 0.05) is 4.88 Å². The fourth-order valence-corrected chi connectivity index (χ4v) is 3.53. The summed E-state index contributed by atoms with van der Waals surface area (Å²) < 4.78 is 3.14. The predicted octanol–water partition coefficient (Wildman–Crippen LogP) is 3.10. The van der Waals surface area contributed by atoms with Gasteiger partial charge in [-0.2, -0.15) is 9.61 Å². The lowest BCUT2D eigenvalue weighted by molar-refractivity contribution is 0.720. The van der Waals surface area contributed by atoms with E-state index >= 15 is 0 Å². The first kappa shape index (κ1) is 14.5. The molecule has 5 nitrogen and oxygen atoms in total. The summed E-state index contributed by atoms with van der Waals surface area (Å²) in [5.74, 6) is 0. The van der Waals surface area contributed by atoms with Crippen molar-refractivity contribution in [2.45, 2.75) is 20.9 Å². The van der Waals surface area contributed by atoms with Gasteiger partial charge in [-0.1, -0.05) is 37.8 Å². The van der Waals surface area contributed by atoms with Crippen LogP contribution < -0.4 is 5.69 Å². The molecule has 0 aliphatic rings. The number of rotatable bonds is 2. The highest BCUT2D eigenvalue weighted by Crippen LogP contribution is 2.26. The van der Waals surface area contributed by atoms with Crippen molar-refractivity contribution in [3.05, 3.63) is 63.7 Å². The lowest BCUT2D eigenvalue weighted by atomic mass is 10.2. The Labute approximate surface area is 131 Å². The number of aromatic nitrogens is 4. The Kier molecular flexibility index (Phi) is 3.54. The molecule has 0 unspecified atom stereocenters. The largest absolute Gasteiger partial charge is 0.352 e. The van der Waals surface area contributed by atoms with E-state index in [1.54, 1.807) is 15.9 Å². The Balaban J connectivity index is 0.00000144. The van der Waals surface area contributed by atoms with E-state index in [0.29, 0.717) is 12.2 Å². The third-order valence-electron chi connectivity index (χ3n) is 3.47. The van der Waals surface area contributed by atoms with E-state index in [1.165, 1.54) is 10.8 Å². The monoisotopic (exact) mass is 312 g/mol. The molecule has 0 N–H and O–H groups in total. The molecule has 4 rings (SSSR count). The van der Waals surface area contributed by atoms with E-state index in [2.05, 4.69) is 16.1 Å². The van der Waals surface area contributed by atoms with Gasteiger partial charge in [-0.15, -0.1) is 11.3 Å². The topological polar surface area (TPSA) is 52.2 Å². The molecule has 1 aromatic carbocycles. The predicted molar refractivity (Wildman–Crippen MR) is 89.6 cm³/mol. The highest BCUT2D eigenvalue weighted by atomic mass is 32.1. The van der Waals surface area contributed by atoms with Crippen molar-refractivity contribution in [3.8, 4) is 0 Å². The summed E-state index contributed by atoms with van der Waals surface area (Å²) in [7, 11) is 0. The molecule has 4 aromatic rings. The van der Waals surface area contributed by atoms with Crippen LogP contribution >= 0.6 is 11.3 Å². The minimum absolute atomic E-state index is 0. The standard InChI is InChI=1S/C15H12N4OS.CH4/c1-10-7-12-13-16-9-17-19(13)15(20)18(14(12)21-10)8-11-5-3-2-4-6-11;/h2-7,9H,8H2,1H3;1H4. The van der Waals surface area contributed by atoms with E-state index in [4.69, 9.17) is 0 Å². The molecule has 0 aliphatic heterocycles. The molecule has 0 radical (unpaired) electrons. The van der Waals surface area contributed by atoms with Crippen molar-refractivity contribution in [2.75, 3.05) is 0 Å². The summed E-state index contributed by atoms with van der Waals surface area (Å²) in [6.45, 7) is 2.57. The zero-order valence-electron chi connectivity index (χ0n) is 11.4. The van der Waals surface area contributed by atoms with Crippen LogP contribution in [0.15, 0.2) is 47.5 Å². The lowest BCUT2D eigenvalue weighted by Gasteiger charge is -2.08. The van der Waals surface area contributed by atoms with Gasteiger partial charge in [-0.25, -0.2) is 9.78 Å². The molecular formula is C16H16N4OS. The first-order valence-corrected chi connectivity index (χ1v) is 7.42. The molecule has 0 amide bonds. The van der Waals surface area contributed by atoms with Crippen molar-refractivity contribution in [1.82, 2.24) is 19.2 Å². The summed E-state index contributed by atoms with van der Waals surface area (Å²) >= 11 is 1.61. The average Bonchev–Trinajstić information content (AvgIpc) is 3.10. The Morgan fingerprint density at radius 3 is 2.77 bits per heavy atom. The highest BCUT2D eigenvalue weighted by molar-refractivity contribution is 7.18. The molecule has 22 heavy (non-hydrogen) atoms. The van der Waals surface area contributed by atoms with Gasteiger partial charge in [-0.05, 0) is 18.6 Å². The summed E-state index contributed by atoms with van der Waals surface area (Å²) in [6, 6.07) is 12.0. The normalized spacial score (nSPS) is 11.0. The van der Waals surface area contributed by atoms with Crippen LogP contribution in [0.25, 0.3) is 15.9 Å². The van der Waals surface area contributed by atoms with Crippen LogP contribution in [0.5, 0.6) is 0 Å². The van der Waals surface area contributed by atoms with Crippen LogP contribution in [0, 0.1) is 6.92 Å². The number of nitrogens with zero attached hydrogens (tertiary/aromatic N) is 4. The van der Waals surface area contributed by atoms with Crippen LogP contribution in [-0.2, 0) is 6.54 Å². The van der Waals surface area contributed by atoms with E-state index in [0.717, 1.165) is 20.7 Å². The first-order chi connectivity index (χ1) is 10.2. The summed E-state index contributed by atoms with van der Waals surface area (Å²) in [4.78, 5) is 19.0. The van der Waals surface area contributed by atoms with Gasteiger partial charge in [0.2, 0.25) is 0 Å². The SMILES string of the molecule is C.Cc1cc2c(s1)n(Cc1ccccc1)c(=O)n1ncnc21. The van der Waals surface area contributed by atoms with Gasteiger partial charge in [0.1, 0.15) is 11.2 Å². The number of hydrogen-bond donors (Lipinski definition) is 0.